The summed E-state index contributed by atoms with van der Waals surface area (Å²) < 4.78 is 1.66. The Balaban J connectivity index is 1.61. The highest BCUT2D eigenvalue weighted by atomic mass is 15.5. The van der Waals surface area contributed by atoms with Crippen molar-refractivity contribution < 1.29 is 0 Å². The van der Waals surface area contributed by atoms with Gasteiger partial charge in [0, 0.05) is 11.7 Å². The van der Waals surface area contributed by atoms with Crippen LogP contribution < -0.4 is 5.32 Å². The summed E-state index contributed by atoms with van der Waals surface area (Å²) in [5.74, 6) is 0. The van der Waals surface area contributed by atoms with Crippen LogP contribution in [0.2, 0.25) is 0 Å². The first-order valence-corrected chi connectivity index (χ1v) is 7.22. The van der Waals surface area contributed by atoms with E-state index in [1.54, 1.807) is 11.0 Å². The molecule has 106 valence electrons. The zero-order chi connectivity index (χ0) is 14.0. The molecule has 1 aromatic carbocycles. The SMILES string of the molecule is CC1(C)CCC(Nc2ccc(-n3cnnn3)cc2)CC1. The van der Waals surface area contributed by atoms with Crippen molar-refractivity contribution in [3.8, 4) is 5.69 Å². The van der Waals surface area contributed by atoms with Crippen LogP contribution in [0.3, 0.4) is 0 Å². The van der Waals surface area contributed by atoms with E-state index in [1.165, 1.54) is 31.4 Å². The second-order valence-corrected chi connectivity index (χ2v) is 6.38. The maximum absolute atomic E-state index is 3.88. The molecule has 0 atom stereocenters. The van der Waals surface area contributed by atoms with E-state index in [9.17, 15) is 0 Å². The minimum atomic E-state index is 0.516. The average molecular weight is 271 g/mol. The highest BCUT2D eigenvalue weighted by molar-refractivity contribution is 5.49. The number of benzene rings is 1. The second kappa shape index (κ2) is 5.23. The number of tetrazole rings is 1. The summed E-state index contributed by atoms with van der Waals surface area (Å²) in [7, 11) is 0. The van der Waals surface area contributed by atoms with E-state index in [0.29, 0.717) is 11.5 Å². The van der Waals surface area contributed by atoms with Gasteiger partial charge < -0.3 is 5.32 Å². The molecular weight excluding hydrogens is 250 g/mol. The number of rotatable bonds is 3. The van der Waals surface area contributed by atoms with Crippen molar-refractivity contribution >= 4 is 5.69 Å². The first-order chi connectivity index (χ1) is 9.62. The zero-order valence-corrected chi connectivity index (χ0v) is 12.1. The zero-order valence-electron chi connectivity index (χ0n) is 12.1. The van der Waals surface area contributed by atoms with Gasteiger partial charge in [-0.1, -0.05) is 13.8 Å². The van der Waals surface area contributed by atoms with Crippen molar-refractivity contribution in [2.24, 2.45) is 5.41 Å². The summed E-state index contributed by atoms with van der Waals surface area (Å²) in [5, 5.41) is 14.8. The number of hydrogen-bond donors (Lipinski definition) is 1. The van der Waals surface area contributed by atoms with Gasteiger partial charge in [-0.15, -0.1) is 5.10 Å². The predicted molar refractivity (Wildman–Crippen MR) is 78.8 cm³/mol. The summed E-state index contributed by atoms with van der Waals surface area (Å²) >= 11 is 0. The van der Waals surface area contributed by atoms with Gasteiger partial charge in [0.05, 0.1) is 5.69 Å². The second-order valence-electron chi connectivity index (χ2n) is 6.38. The lowest BCUT2D eigenvalue weighted by atomic mass is 9.75. The first kappa shape index (κ1) is 13.1. The Morgan fingerprint density at radius 3 is 2.45 bits per heavy atom. The van der Waals surface area contributed by atoms with E-state index in [4.69, 9.17) is 0 Å². The van der Waals surface area contributed by atoms with E-state index in [2.05, 4.69) is 46.8 Å². The summed E-state index contributed by atoms with van der Waals surface area (Å²) in [6.07, 6.45) is 6.70. The predicted octanol–water partition coefficient (Wildman–Crippen LogP) is 3.04. The first-order valence-electron chi connectivity index (χ1n) is 7.22. The molecule has 1 N–H and O–H groups in total. The van der Waals surface area contributed by atoms with Crippen LogP contribution >= 0.6 is 0 Å². The fourth-order valence-electron chi connectivity index (χ4n) is 2.77. The molecule has 5 nitrogen and oxygen atoms in total. The summed E-state index contributed by atoms with van der Waals surface area (Å²) in [4.78, 5) is 0. The number of hydrogen-bond acceptors (Lipinski definition) is 4. The molecule has 1 heterocycles. The Bertz CT molecular complexity index is 534. The van der Waals surface area contributed by atoms with Gasteiger partial charge in [-0.25, -0.2) is 4.68 Å². The lowest BCUT2D eigenvalue weighted by Gasteiger charge is -2.35. The average Bonchev–Trinajstić information content (AvgIpc) is 2.96. The van der Waals surface area contributed by atoms with E-state index in [1.807, 2.05) is 12.1 Å². The molecule has 1 aliphatic carbocycles. The molecule has 1 saturated carbocycles. The third-order valence-corrected chi connectivity index (χ3v) is 4.19. The molecule has 0 unspecified atom stereocenters. The molecule has 1 fully saturated rings. The smallest absolute Gasteiger partial charge is 0.143 e. The number of anilines is 1. The molecule has 0 bridgehead atoms. The van der Waals surface area contributed by atoms with Crippen molar-refractivity contribution in [1.29, 1.82) is 0 Å². The van der Waals surface area contributed by atoms with Gasteiger partial charge in [0.1, 0.15) is 6.33 Å². The van der Waals surface area contributed by atoms with E-state index >= 15 is 0 Å². The molecular formula is C15H21N5. The molecule has 20 heavy (non-hydrogen) atoms. The van der Waals surface area contributed by atoms with Crippen LogP contribution in [0.1, 0.15) is 39.5 Å². The van der Waals surface area contributed by atoms with Crippen molar-refractivity contribution in [2.45, 2.75) is 45.6 Å². The highest BCUT2D eigenvalue weighted by Crippen LogP contribution is 2.36. The molecule has 1 aromatic heterocycles. The number of aromatic nitrogens is 4. The lowest BCUT2D eigenvalue weighted by Crippen LogP contribution is -2.29. The van der Waals surface area contributed by atoms with Gasteiger partial charge in [-0.2, -0.15) is 0 Å². The maximum Gasteiger partial charge on any atom is 0.143 e. The molecule has 1 aliphatic rings. The fraction of sp³-hybridized carbons (Fsp3) is 0.533. The van der Waals surface area contributed by atoms with Gasteiger partial charge in [-0.3, -0.25) is 0 Å². The topological polar surface area (TPSA) is 55.6 Å². The summed E-state index contributed by atoms with van der Waals surface area (Å²) in [6, 6.07) is 8.85. The summed E-state index contributed by atoms with van der Waals surface area (Å²) in [5.41, 5.74) is 2.67. The molecule has 3 rings (SSSR count). The Morgan fingerprint density at radius 1 is 1.15 bits per heavy atom. The molecule has 0 aliphatic heterocycles. The number of nitrogens with zero attached hydrogens (tertiary/aromatic N) is 4. The van der Waals surface area contributed by atoms with Crippen LogP contribution in [0.4, 0.5) is 5.69 Å². The van der Waals surface area contributed by atoms with Gasteiger partial charge in [-0.05, 0) is 65.8 Å². The van der Waals surface area contributed by atoms with Crippen LogP contribution in [0, 0.1) is 5.41 Å². The monoisotopic (exact) mass is 271 g/mol. The quantitative estimate of drug-likeness (QED) is 0.932. The third kappa shape index (κ3) is 2.98. The largest absolute Gasteiger partial charge is 0.382 e. The Labute approximate surface area is 119 Å². The molecule has 5 heteroatoms. The standard InChI is InChI=1S/C15H21N5/c1-15(2)9-7-13(8-10-15)17-12-3-5-14(6-4-12)20-11-16-18-19-20/h3-6,11,13,17H,7-10H2,1-2H3. The molecule has 0 saturated heterocycles. The van der Waals surface area contributed by atoms with E-state index in [-0.39, 0.29) is 0 Å². The van der Waals surface area contributed by atoms with Crippen molar-refractivity contribution in [3.05, 3.63) is 30.6 Å². The van der Waals surface area contributed by atoms with Crippen LogP contribution in [0.5, 0.6) is 0 Å². The van der Waals surface area contributed by atoms with Gasteiger partial charge in [0.15, 0.2) is 0 Å². The Kier molecular flexibility index (Phi) is 3.42. The van der Waals surface area contributed by atoms with E-state index < -0.39 is 0 Å². The van der Waals surface area contributed by atoms with Gasteiger partial charge in [0.2, 0.25) is 0 Å². The fourth-order valence-corrected chi connectivity index (χ4v) is 2.77. The van der Waals surface area contributed by atoms with Crippen LogP contribution in [-0.2, 0) is 0 Å². The van der Waals surface area contributed by atoms with Crippen molar-refractivity contribution in [3.63, 3.8) is 0 Å². The third-order valence-electron chi connectivity index (χ3n) is 4.19. The van der Waals surface area contributed by atoms with Gasteiger partial charge >= 0.3 is 0 Å². The lowest BCUT2D eigenvalue weighted by molar-refractivity contribution is 0.232. The summed E-state index contributed by atoms with van der Waals surface area (Å²) in [6.45, 7) is 4.73. The highest BCUT2D eigenvalue weighted by Gasteiger charge is 2.26. The van der Waals surface area contributed by atoms with Gasteiger partial charge in [0.25, 0.3) is 0 Å². The van der Waals surface area contributed by atoms with Crippen LogP contribution in [-0.4, -0.2) is 26.2 Å². The Hall–Kier alpha value is -1.91. The Morgan fingerprint density at radius 2 is 1.85 bits per heavy atom. The van der Waals surface area contributed by atoms with Crippen LogP contribution in [0.25, 0.3) is 5.69 Å². The number of nitrogens with one attached hydrogen (secondary N) is 1. The van der Waals surface area contributed by atoms with Crippen molar-refractivity contribution in [2.75, 3.05) is 5.32 Å². The molecule has 0 radical (unpaired) electrons. The normalized spacial score (nSPS) is 18.9. The minimum absolute atomic E-state index is 0.516. The molecule has 0 amide bonds. The minimum Gasteiger partial charge on any atom is -0.382 e. The van der Waals surface area contributed by atoms with E-state index in [0.717, 1.165) is 5.69 Å². The molecule has 0 spiro atoms. The molecule has 2 aromatic rings. The maximum atomic E-state index is 3.88. The van der Waals surface area contributed by atoms with Crippen molar-refractivity contribution in [1.82, 2.24) is 20.2 Å². The van der Waals surface area contributed by atoms with Crippen LogP contribution in [0.15, 0.2) is 30.6 Å².